The zero-order valence-corrected chi connectivity index (χ0v) is 21.7. The third-order valence-corrected chi connectivity index (χ3v) is 5.32. The van der Waals surface area contributed by atoms with Gasteiger partial charge in [0.05, 0.1) is 25.9 Å². The molecule has 1 aromatic carbocycles. The molecule has 7 nitrogen and oxygen atoms in total. The molecule has 0 fully saturated rings. The Balaban J connectivity index is 0.00000450. The first kappa shape index (κ1) is 26.4. The van der Waals surface area contributed by atoms with Crippen molar-refractivity contribution in [2.45, 2.75) is 39.5 Å². The average Bonchev–Trinajstić information content (AvgIpc) is 3.19. The standard InChI is InChI=1S/C21H32N4O3S.HI/c1-7-22-21(25(4)13-17-14-29-20(24-17)16(3)26-5)23-12-15(2)28-19-11-9-8-10-18(19)27-6;/h8-11,14-16H,7,12-13H2,1-6H3,(H,22,23);1H. The lowest BCUT2D eigenvalue weighted by molar-refractivity contribution is 0.119. The van der Waals surface area contributed by atoms with Crippen LogP contribution in [0.15, 0.2) is 34.6 Å². The summed E-state index contributed by atoms with van der Waals surface area (Å²) in [6.07, 6.45) is -0.0873. The van der Waals surface area contributed by atoms with Crippen LogP contribution in [0.25, 0.3) is 0 Å². The minimum absolute atomic E-state index is 0. The van der Waals surface area contributed by atoms with E-state index >= 15 is 0 Å². The van der Waals surface area contributed by atoms with E-state index in [0.717, 1.165) is 34.7 Å². The first-order chi connectivity index (χ1) is 14.0. The van der Waals surface area contributed by atoms with Crippen LogP contribution in [0.3, 0.4) is 0 Å². The number of nitrogens with one attached hydrogen (secondary N) is 1. The van der Waals surface area contributed by atoms with Gasteiger partial charge in [-0.3, -0.25) is 0 Å². The van der Waals surface area contributed by atoms with Crippen LogP contribution in [-0.4, -0.2) is 56.3 Å². The van der Waals surface area contributed by atoms with Crippen LogP contribution in [-0.2, 0) is 11.3 Å². The van der Waals surface area contributed by atoms with E-state index in [9.17, 15) is 0 Å². The molecule has 0 aliphatic carbocycles. The van der Waals surface area contributed by atoms with E-state index in [-0.39, 0.29) is 36.2 Å². The molecule has 2 unspecified atom stereocenters. The van der Waals surface area contributed by atoms with E-state index in [0.29, 0.717) is 13.1 Å². The van der Waals surface area contributed by atoms with Gasteiger partial charge in [0.15, 0.2) is 17.5 Å². The van der Waals surface area contributed by atoms with Gasteiger partial charge >= 0.3 is 0 Å². The van der Waals surface area contributed by atoms with E-state index in [1.54, 1.807) is 25.6 Å². The summed E-state index contributed by atoms with van der Waals surface area (Å²) in [6.45, 7) is 8.03. The lowest BCUT2D eigenvalue weighted by Crippen LogP contribution is -2.39. The van der Waals surface area contributed by atoms with Gasteiger partial charge < -0.3 is 24.4 Å². The number of hydrogen-bond donors (Lipinski definition) is 1. The van der Waals surface area contributed by atoms with Gasteiger partial charge in [0.25, 0.3) is 0 Å². The smallest absolute Gasteiger partial charge is 0.194 e. The maximum absolute atomic E-state index is 6.00. The normalized spacial score (nSPS) is 13.2. The number of aliphatic imine (C=N–C) groups is 1. The summed E-state index contributed by atoms with van der Waals surface area (Å²) in [6, 6.07) is 7.63. The first-order valence-electron chi connectivity index (χ1n) is 9.74. The summed E-state index contributed by atoms with van der Waals surface area (Å²) in [5, 5.41) is 6.38. The van der Waals surface area contributed by atoms with Crippen molar-refractivity contribution < 1.29 is 14.2 Å². The summed E-state index contributed by atoms with van der Waals surface area (Å²) in [7, 11) is 5.34. The van der Waals surface area contributed by atoms with Crippen LogP contribution in [0.5, 0.6) is 11.5 Å². The van der Waals surface area contributed by atoms with E-state index in [4.69, 9.17) is 19.2 Å². The van der Waals surface area contributed by atoms with Crippen LogP contribution in [0, 0.1) is 0 Å². The SMILES string of the molecule is CCNC(=NCC(C)Oc1ccccc1OC)N(C)Cc1csc(C(C)OC)n1.I. The number of halogens is 1. The fourth-order valence-corrected chi connectivity index (χ4v) is 3.50. The quantitative estimate of drug-likeness (QED) is 0.271. The number of rotatable bonds is 10. The van der Waals surface area contributed by atoms with Crippen molar-refractivity contribution in [1.29, 1.82) is 0 Å². The number of methoxy groups -OCH3 is 2. The molecule has 30 heavy (non-hydrogen) atoms. The molecule has 2 atom stereocenters. The Hall–Kier alpha value is -1.59. The minimum Gasteiger partial charge on any atom is -0.493 e. The molecule has 0 spiro atoms. The zero-order valence-electron chi connectivity index (χ0n) is 18.5. The monoisotopic (exact) mass is 548 g/mol. The first-order valence-corrected chi connectivity index (χ1v) is 10.6. The highest BCUT2D eigenvalue weighted by Gasteiger charge is 2.14. The Morgan fingerprint density at radius 3 is 2.57 bits per heavy atom. The van der Waals surface area contributed by atoms with Crippen molar-refractivity contribution >= 4 is 41.3 Å². The Morgan fingerprint density at radius 2 is 1.93 bits per heavy atom. The van der Waals surface area contributed by atoms with Crippen molar-refractivity contribution in [1.82, 2.24) is 15.2 Å². The molecular weight excluding hydrogens is 515 g/mol. The van der Waals surface area contributed by atoms with Gasteiger partial charge in [-0.1, -0.05) is 12.1 Å². The molecule has 0 saturated carbocycles. The number of hydrogen-bond acceptors (Lipinski definition) is 6. The molecule has 9 heteroatoms. The highest BCUT2D eigenvalue weighted by Crippen LogP contribution is 2.26. The van der Waals surface area contributed by atoms with Gasteiger partial charge in [-0.2, -0.15) is 0 Å². The molecule has 0 saturated heterocycles. The second kappa shape index (κ2) is 13.7. The topological polar surface area (TPSA) is 68.2 Å². The van der Waals surface area contributed by atoms with Crippen molar-refractivity contribution in [2.75, 3.05) is 34.4 Å². The number of benzene rings is 1. The molecule has 1 N–H and O–H groups in total. The second-order valence-electron chi connectivity index (χ2n) is 6.69. The molecule has 0 radical (unpaired) electrons. The Kier molecular flexibility index (Phi) is 12.0. The molecule has 0 amide bonds. The number of thiazole rings is 1. The molecule has 1 aromatic heterocycles. The van der Waals surface area contributed by atoms with Crippen LogP contribution >= 0.6 is 35.3 Å². The van der Waals surface area contributed by atoms with Crippen molar-refractivity contribution in [3.8, 4) is 11.5 Å². The summed E-state index contributed by atoms with van der Waals surface area (Å²) in [5.74, 6) is 2.26. The van der Waals surface area contributed by atoms with Gasteiger partial charge in [-0.25, -0.2) is 9.98 Å². The molecule has 1 heterocycles. The van der Waals surface area contributed by atoms with Gasteiger partial charge in [-0.15, -0.1) is 35.3 Å². The van der Waals surface area contributed by atoms with Crippen molar-refractivity contribution in [3.05, 3.63) is 40.3 Å². The van der Waals surface area contributed by atoms with Crippen LogP contribution < -0.4 is 14.8 Å². The zero-order chi connectivity index (χ0) is 21.2. The Bertz CT molecular complexity index is 787. The largest absolute Gasteiger partial charge is 0.493 e. The predicted molar refractivity (Wildman–Crippen MR) is 133 cm³/mol. The number of aromatic nitrogens is 1. The molecule has 0 aliphatic rings. The second-order valence-corrected chi connectivity index (χ2v) is 7.57. The van der Waals surface area contributed by atoms with Gasteiger partial charge in [0, 0.05) is 26.1 Å². The van der Waals surface area contributed by atoms with Gasteiger partial charge in [0.2, 0.25) is 0 Å². The lowest BCUT2D eigenvalue weighted by atomic mass is 10.3. The van der Waals surface area contributed by atoms with E-state index in [1.807, 2.05) is 45.2 Å². The molecule has 0 bridgehead atoms. The number of ether oxygens (including phenoxy) is 3. The molecule has 2 aromatic rings. The fraction of sp³-hybridized carbons (Fsp3) is 0.524. The summed E-state index contributed by atoms with van der Waals surface area (Å²) in [5.41, 5.74) is 1.00. The highest BCUT2D eigenvalue weighted by molar-refractivity contribution is 14.0. The average molecular weight is 548 g/mol. The maximum Gasteiger partial charge on any atom is 0.194 e. The molecular formula is C21H33IN4O3S. The van der Waals surface area contributed by atoms with E-state index < -0.39 is 0 Å². The van der Waals surface area contributed by atoms with Crippen molar-refractivity contribution in [2.24, 2.45) is 4.99 Å². The Labute approximate surface area is 200 Å². The predicted octanol–water partition coefficient (Wildman–Crippen LogP) is 4.34. The van der Waals surface area contributed by atoms with Gasteiger partial charge in [-0.05, 0) is 32.9 Å². The van der Waals surface area contributed by atoms with Crippen LogP contribution in [0.4, 0.5) is 0 Å². The summed E-state index contributed by atoms with van der Waals surface area (Å²) in [4.78, 5) is 11.5. The summed E-state index contributed by atoms with van der Waals surface area (Å²) >= 11 is 1.62. The van der Waals surface area contributed by atoms with Crippen LogP contribution in [0.1, 0.15) is 37.6 Å². The lowest BCUT2D eigenvalue weighted by Gasteiger charge is -2.22. The Morgan fingerprint density at radius 1 is 1.23 bits per heavy atom. The third-order valence-electron chi connectivity index (χ3n) is 4.26. The minimum atomic E-state index is -0.0956. The van der Waals surface area contributed by atoms with Gasteiger partial charge in [0.1, 0.15) is 17.2 Å². The number of para-hydroxylation sites is 2. The van der Waals surface area contributed by atoms with Crippen LogP contribution in [0.2, 0.25) is 0 Å². The third kappa shape index (κ3) is 7.92. The summed E-state index contributed by atoms with van der Waals surface area (Å²) < 4.78 is 16.7. The molecule has 0 aliphatic heterocycles. The van der Waals surface area contributed by atoms with E-state index in [2.05, 4.69) is 27.5 Å². The number of nitrogens with zero attached hydrogens (tertiary/aromatic N) is 3. The number of guanidine groups is 1. The van der Waals surface area contributed by atoms with E-state index in [1.165, 1.54) is 0 Å². The highest BCUT2D eigenvalue weighted by atomic mass is 127. The van der Waals surface area contributed by atoms with Crippen molar-refractivity contribution in [3.63, 3.8) is 0 Å². The fourth-order valence-electron chi connectivity index (χ4n) is 2.66. The molecule has 168 valence electrons. The molecule has 2 rings (SSSR count). The maximum atomic E-state index is 6.00.